The number of imidazole rings is 1. The van der Waals surface area contributed by atoms with E-state index in [1.807, 2.05) is 38.1 Å². The van der Waals surface area contributed by atoms with Crippen molar-refractivity contribution in [2.24, 2.45) is 0 Å². The molecule has 0 bridgehead atoms. The molecule has 0 fully saturated rings. The Balaban J connectivity index is 1.63. The van der Waals surface area contributed by atoms with Crippen LogP contribution in [0, 0.1) is 0 Å². The van der Waals surface area contributed by atoms with E-state index < -0.39 is 0 Å². The highest BCUT2D eigenvalue weighted by Gasteiger charge is 2.14. The van der Waals surface area contributed by atoms with Gasteiger partial charge in [-0.1, -0.05) is 12.1 Å². The number of fused-ring (bicyclic) bond motifs is 1. The van der Waals surface area contributed by atoms with Crippen LogP contribution in [0.2, 0.25) is 0 Å². The first-order valence-corrected chi connectivity index (χ1v) is 8.79. The summed E-state index contributed by atoms with van der Waals surface area (Å²) in [5, 5.41) is 5.48. The highest BCUT2D eigenvalue weighted by Crippen LogP contribution is 2.14. The molecule has 140 valence electrons. The molecule has 1 aromatic heterocycles. The van der Waals surface area contributed by atoms with Crippen molar-refractivity contribution in [2.45, 2.75) is 26.4 Å². The second-order valence-electron chi connectivity index (χ2n) is 6.69. The lowest BCUT2D eigenvalue weighted by Crippen LogP contribution is -2.34. The molecule has 7 nitrogen and oxygen atoms in total. The number of anilines is 1. The van der Waals surface area contributed by atoms with E-state index >= 15 is 0 Å². The molecule has 1 heterocycles. The number of aromatic nitrogens is 2. The monoisotopic (exact) mass is 365 g/mol. The maximum atomic E-state index is 12.6. The quantitative estimate of drug-likeness (QED) is 0.647. The fourth-order valence-electron chi connectivity index (χ4n) is 2.72. The summed E-state index contributed by atoms with van der Waals surface area (Å²) >= 11 is 0. The van der Waals surface area contributed by atoms with Crippen molar-refractivity contribution < 1.29 is 9.59 Å². The van der Waals surface area contributed by atoms with Crippen LogP contribution in [0.1, 0.15) is 30.0 Å². The third-order valence-corrected chi connectivity index (χ3v) is 3.98. The van der Waals surface area contributed by atoms with E-state index in [-0.39, 0.29) is 18.0 Å². The van der Waals surface area contributed by atoms with Crippen LogP contribution >= 0.6 is 0 Å². The minimum Gasteiger partial charge on any atom is -0.340 e. The number of rotatable bonds is 5. The zero-order valence-electron chi connectivity index (χ0n) is 15.6. The molecule has 0 saturated carbocycles. The fourth-order valence-corrected chi connectivity index (χ4v) is 2.72. The van der Waals surface area contributed by atoms with Gasteiger partial charge < -0.3 is 20.5 Å². The van der Waals surface area contributed by atoms with Gasteiger partial charge in [0.1, 0.15) is 5.82 Å². The van der Waals surface area contributed by atoms with Crippen LogP contribution in [-0.4, -0.2) is 39.9 Å². The topological polar surface area (TPSA) is 90.1 Å². The van der Waals surface area contributed by atoms with Gasteiger partial charge in [-0.3, -0.25) is 4.79 Å². The lowest BCUT2D eigenvalue weighted by molar-refractivity contribution is 0.0782. The Kier molecular flexibility index (Phi) is 5.40. The summed E-state index contributed by atoms with van der Waals surface area (Å²) in [6.45, 7) is 4.16. The lowest BCUT2D eigenvalue weighted by Gasteiger charge is -2.16. The van der Waals surface area contributed by atoms with Crippen molar-refractivity contribution in [3.63, 3.8) is 0 Å². The molecule has 0 unspecified atom stereocenters. The minimum absolute atomic E-state index is 0.0535. The van der Waals surface area contributed by atoms with E-state index in [9.17, 15) is 9.59 Å². The zero-order valence-corrected chi connectivity index (χ0v) is 15.6. The van der Waals surface area contributed by atoms with Crippen molar-refractivity contribution in [3.05, 3.63) is 59.9 Å². The summed E-state index contributed by atoms with van der Waals surface area (Å²) in [6, 6.07) is 14.3. The van der Waals surface area contributed by atoms with E-state index in [1.54, 1.807) is 36.2 Å². The van der Waals surface area contributed by atoms with Crippen LogP contribution in [-0.2, 0) is 6.54 Å². The molecular weight excluding hydrogens is 342 g/mol. The second-order valence-corrected chi connectivity index (χ2v) is 6.69. The normalized spacial score (nSPS) is 10.8. The average molecular weight is 365 g/mol. The molecule has 0 aliphatic heterocycles. The van der Waals surface area contributed by atoms with E-state index in [1.165, 1.54) is 0 Å². The van der Waals surface area contributed by atoms with Crippen LogP contribution in [0.5, 0.6) is 0 Å². The highest BCUT2D eigenvalue weighted by atomic mass is 16.2. The number of urea groups is 1. The predicted molar refractivity (Wildman–Crippen MR) is 106 cm³/mol. The standard InChI is InChI=1S/C20H23N5O2/c1-13(2)21-20(27)22-15-10-8-14(9-11-15)19(26)25(3)12-18-23-16-6-4-5-7-17(16)24-18/h4-11,13H,12H2,1-3H3,(H,23,24)(H2,21,22,27). The molecule has 3 amide bonds. The van der Waals surface area contributed by atoms with Crippen molar-refractivity contribution in [1.29, 1.82) is 0 Å². The molecule has 27 heavy (non-hydrogen) atoms. The van der Waals surface area contributed by atoms with Gasteiger partial charge in [-0.05, 0) is 50.2 Å². The molecular formula is C20H23N5O2. The van der Waals surface area contributed by atoms with Crippen molar-refractivity contribution in [1.82, 2.24) is 20.2 Å². The third-order valence-electron chi connectivity index (χ3n) is 3.98. The number of para-hydroxylation sites is 2. The Morgan fingerprint density at radius 1 is 1.11 bits per heavy atom. The molecule has 3 aromatic rings. The Morgan fingerprint density at radius 2 is 1.81 bits per heavy atom. The van der Waals surface area contributed by atoms with Gasteiger partial charge >= 0.3 is 6.03 Å². The molecule has 0 aliphatic rings. The Morgan fingerprint density at radius 3 is 2.48 bits per heavy atom. The Bertz CT molecular complexity index is 913. The maximum Gasteiger partial charge on any atom is 0.319 e. The molecule has 2 aromatic carbocycles. The van der Waals surface area contributed by atoms with Crippen LogP contribution < -0.4 is 10.6 Å². The summed E-state index contributed by atoms with van der Waals surface area (Å²) in [4.78, 5) is 33.7. The number of hydrogen-bond acceptors (Lipinski definition) is 3. The van der Waals surface area contributed by atoms with Crippen LogP contribution in [0.4, 0.5) is 10.5 Å². The highest BCUT2D eigenvalue weighted by molar-refractivity contribution is 5.95. The summed E-state index contributed by atoms with van der Waals surface area (Å²) in [5.74, 6) is 0.615. The fraction of sp³-hybridized carbons (Fsp3) is 0.250. The summed E-state index contributed by atoms with van der Waals surface area (Å²) in [5.41, 5.74) is 3.00. The average Bonchev–Trinajstić information content (AvgIpc) is 3.03. The van der Waals surface area contributed by atoms with Crippen LogP contribution in [0.25, 0.3) is 11.0 Å². The first kappa shape index (κ1) is 18.4. The summed E-state index contributed by atoms with van der Waals surface area (Å²) < 4.78 is 0. The number of aromatic amines is 1. The van der Waals surface area contributed by atoms with E-state index in [0.717, 1.165) is 16.9 Å². The molecule has 0 spiro atoms. The number of hydrogen-bond donors (Lipinski definition) is 3. The van der Waals surface area contributed by atoms with Gasteiger partial charge in [-0.15, -0.1) is 0 Å². The molecule has 0 aliphatic carbocycles. The third kappa shape index (κ3) is 4.63. The van der Waals surface area contributed by atoms with E-state index in [2.05, 4.69) is 20.6 Å². The number of amides is 3. The van der Waals surface area contributed by atoms with Gasteiger partial charge in [0, 0.05) is 24.3 Å². The van der Waals surface area contributed by atoms with Crippen molar-refractivity contribution >= 4 is 28.7 Å². The molecule has 3 N–H and O–H groups in total. The first-order chi connectivity index (χ1) is 12.9. The molecule has 0 saturated heterocycles. The number of nitrogens with zero attached hydrogens (tertiary/aromatic N) is 2. The number of carbonyl (C=O) groups is 2. The molecule has 3 rings (SSSR count). The second kappa shape index (κ2) is 7.90. The number of carbonyl (C=O) groups excluding carboxylic acids is 2. The van der Waals surface area contributed by atoms with Crippen LogP contribution in [0.15, 0.2) is 48.5 Å². The van der Waals surface area contributed by atoms with E-state index in [0.29, 0.717) is 17.8 Å². The Hall–Kier alpha value is -3.35. The van der Waals surface area contributed by atoms with Gasteiger partial charge in [-0.25, -0.2) is 9.78 Å². The largest absolute Gasteiger partial charge is 0.340 e. The summed E-state index contributed by atoms with van der Waals surface area (Å²) in [7, 11) is 1.73. The minimum atomic E-state index is -0.272. The van der Waals surface area contributed by atoms with Gasteiger partial charge in [0.2, 0.25) is 0 Å². The lowest BCUT2D eigenvalue weighted by atomic mass is 10.2. The van der Waals surface area contributed by atoms with Gasteiger partial charge in [0.15, 0.2) is 0 Å². The van der Waals surface area contributed by atoms with E-state index in [4.69, 9.17) is 0 Å². The molecule has 7 heteroatoms. The van der Waals surface area contributed by atoms with Crippen molar-refractivity contribution in [3.8, 4) is 0 Å². The SMILES string of the molecule is CC(C)NC(=O)Nc1ccc(C(=O)N(C)Cc2nc3ccccc3[nH]2)cc1. The van der Waals surface area contributed by atoms with Crippen LogP contribution in [0.3, 0.4) is 0 Å². The van der Waals surface area contributed by atoms with Gasteiger partial charge in [0.05, 0.1) is 17.6 Å². The predicted octanol–water partition coefficient (Wildman–Crippen LogP) is 3.37. The van der Waals surface area contributed by atoms with Crippen molar-refractivity contribution in [2.75, 3.05) is 12.4 Å². The smallest absolute Gasteiger partial charge is 0.319 e. The van der Waals surface area contributed by atoms with Gasteiger partial charge in [-0.2, -0.15) is 0 Å². The molecule has 0 atom stereocenters. The maximum absolute atomic E-state index is 12.6. The summed E-state index contributed by atoms with van der Waals surface area (Å²) in [6.07, 6.45) is 0. The zero-order chi connectivity index (χ0) is 19.4. The number of nitrogens with one attached hydrogen (secondary N) is 3. The molecule has 0 radical (unpaired) electrons. The number of H-pyrrole nitrogens is 1. The Labute approximate surface area is 157 Å². The number of benzene rings is 2. The first-order valence-electron chi connectivity index (χ1n) is 8.79. The van der Waals surface area contributed by atoms with Gasteiger partial charge in [0.25, 0.3) is 5.91 Å².